The van der Waals surface area contributed by atoms with Crippen molar-refractivity contribution in [2.75, 3.05) is 32.8 Å². The van der Waals surface area contributed by atoms with Gasteiger partial charge in [0.1, 0.15) is 0 Å². The van der Waals surface area contributed by atoms with Crippen LogP contribution in [0.4, 0.5) is 0 Å². The van der Waals surface area contributed by atoms with Crippen molar-refractivity contribution in [2.45, 2.75) is 32.9 Å². The van der Waals surface area contributed by atoms with Crippen molar-refractivity contribution in [2.24, 2.45) is 7.05 Å². The van der Waals surface area contributed by atoms with Gasteiger partial charge in [0.15, 0.2) is 0 Å². The highest BCUT2D eigenvalue weighted by atomic mass is 16.5. The molecule has 0 saturated carbocycles. The highest BCUT2D eigenvalue weighted by Gasteiger charge is 2.29. The maximum Gasteiger partial charge on any atom is 0.240 e. The Balaban J connectivity index is 2.02. The smallest absolute Gasteiger partial charge is 0.240 e. The van der Waals surface area contributed by atoms with Gasteiger partial charge in [0.05, 0.1) is 25.5 Å². The van der Waals surface area contributed by atoms with E-state index in [1.807, 2.05) is 31.3 Å². The lowest BCUT2D eigenvalue weighted by atomic mass is 10.1. The predicted octanol–water partition coefficient (Wildman–Crippen LogP) is 0.879. The fourth-order valence-corrected chi connectivity index (χ4v) is 2.81. The van der Waals surface area contributed by atoms with Gasteiger partial charge in [-0.1, -0.05) is 6.92 Å². The quantitative estimate of drug-likeness (QED) is 0.781. The first-order valence-electron chi connectivity index (χ1n) is 7.73. The summed E-state index contributed by atoms with van der Waals surface area (Å²) in [4.78, 5) is 17.0. The number of nitrogens with zero attached hydrogens (tertiary/aromatic N) is 4. The molecule has 0 unspecified atom stereocenters. The Kier molecular flexibility index (Phi) is 5.76. The number of amides is 1. The van der Waals surface area contributed by atoms with Crippen LogP contribution in [0.25, 0.3) is 0 Å². The van der Waals surface area contributed by atoms with E-state index in [4.69, 9.17) is 4.74 Å². The summed E-state index contributed by atoms with van der Waals surface area (Å²) in [5, 5.41) is 4.17. The molecule has 0 radical (unpaired) electrons. The number of rotatable bonds is 6. The largest absolute Gasteiger partial charge is 0.379 e. The predicted molar refractivity (Wildman–Crippen MR) is 80.8 cm³/mol. The van der Waals surface area contributed by atoms with Gasteiger partial charge in [0.25, 0.3) is 0 Å². The Morgan fingerprint density at radius 1 is 1.43 bits per heavy atom. The third-order valence-electron chi connectivity index (χ3n) is 3.98. The van der Waals surface area contributed by atoms with Gasteiger partial charge in [-0.3, -0.25) is 14.4 Å². The normalized spacial score (nSPS) is 17.7. The number of hydrogen-bond donors (Lipinski definition) is 0. The zero-order chi connectivity index (χ0) is 15.2. The summed E-state index contributed by atoms with van der Waals surface area (Å²) in [5.74, 6) is 0.214. The molecule has 1 aromatic rings. The van der Waals surface area contributed by atoms with E-state index in [-0.39, 0.29) is 11.9 Å². The minimum atomic E-state index is -0.0366. The molecule has 1 atom stereocenters. The van der Waals surface area contributed by atoms with Gasteiger partial charge in [-0.2, -0.15) is 5.10 Å². The van der Waals surface area contributed by atoms with E-state index < -0.39 is 0 Å². The molecule has 0 spiro atoms. The summed E-state index contributed by atoms with van der Waals surface area (Å²) >= 11 is 0. The molecule has 0 bridgehead atoms. The Morgan fingerprint density at radius 2 is 2.14 bits per heavy atom. The minimum Gasteiger partial charge on any atom is -0.379 e. The number of likely N-dealkylation sites (N-methyl/N-ethyl adjacent to an activating group) is 1. The van der Waals surface area contributed by atoms with Crippen LogP contribution in [0.1, 0.15) is 25.8 Å². The molecule has 1 aliphatic heterocycles. The molecule has 21 heavy (non-hydrogen) atoms. The Bertz CT molecular complexity index is 454. The number of morpholine rings is 1. The van der Waals surface area contributed by atoms with Crippen LogP contribution < -0.4 is 0 Å². The molecular formula is C15H26N4O2. The maximum absolute atomic E-state index is 12.8. The van der Waals surface area contributed by atoms with Gasteiger partial charge in [-0.05, 0) is 13.3 Å². The number of ether oxygens (including phenoxy) is 1. The van der Waals surface area contributed by atoms with Gasteiger partial charge >= 0.3 is 0 Å². The molecular weight excluding hydrogens is 268 g/mol. The number of aryl methyl sites for hydroxylation is 1. The van der Waals surface area contributed by atoms with Crippen LogP contribution in [0.2, 0.25) is 0 Å². The molecule has 0 N–H and O–H groups in total. The highest BCUT2D eigenvalue weighted by molar-refractivity contribution is 5.81. The summed E-state index contributed by atoms with van der Waals surface area (Å²) in [6.45, 7) is 8.58. The zero-order valence-electron chi connectivity index (χ0n) is 13.3. The second kappa shape index (κ2) is 7.56. The Hall–Kier alpha value is -1.40. The van der Waals surface area contributed by atoms with Gasteiger partial charge in [-0.15, -0.1) is 0 Å². The van der Waals surface area contributed by atoms with Crippen molar-refractivity contribution < 1.29 is 9.53 Å². The van der Waals surface area contributed by atoms with E-state index in [0.29, 0.717) is 13.1 Å². The molecule has 118 valence electrons. The summed E-state index contributed by atoms with van der Waals surface area (Å²) in [5.41, 5.74) is 1.07. The summed E-state index contributed by atoms with van der Waals surface area (Å²) in [6.07, 6.45) is 4.62. The van der Waals surface area contributed by atoms with Gasteiger partial charge in [0.2, 0.25) is 5.91 Å². The lowest BCUT2D eigenvalue weighted by Gasteiger charge is -2.35. The third kappa shape index (κ3) is 4.04. The number of carbonyl (C=O) groups is 1. The maximum atomic E-state index is 12.8. The fourth-order valence-electron chi connectivity index (χ4n) is 2.81. The summed E-state index contributed by atoms with van der Waals surface area (Å²) in [7, 11) is 1.89. The first-order valence-corrected chi connectivity index (χ1v) is 7.73. The molecule has 6 nitrogen and oxygen atoms in total. The van der Waals surface area contributed by atoms with Crippen LogP contribution in [0.5, 0.6) is 0 Å². The van der Waals surface area contributed by atoms with Crippen LogP contribution >= 0.6 is 0 Å². The number of aromatic nitrogens is 2. The van der Waals surface area contributed by atoms with E-state index in [1.165, 1.54) is 0 Å². The van der Waals surface area contributed by atoms with Crippen LogP contribution in [0.3, 0.4) is 0 Å². The van der Waals surface area contributed by atoms with Gasteiger partial charge in [-0.25, -0.2) is 0 Å². The first-order chi connectivity index (χ1) is 10.2. The minimum absolute atomic E-state index is 0.0366. The van der Waals surface area contributed by atoms with Crippen molar-refractivity contribution in [1.82, 2.24) is 19.6 Å². The molecule has 1 aliphatic rings. The lowest BCUT2D eigenvalue weighted by molar-refractivity contribution is -0.139. The molecule has 6 heteroatoms. The third-order valence-corrected chi connectivity index (χ3v) is 3.98. The highest BCUT2D eigenvalue weighted by Crippen LogP contribution is 2.13. The standard InChI is InChI=1S/C15H26N4O2/c1-4-14(19-6-8-21-9-7-19)15(20)18(5-2)12-13-10-16-17(3)11-13/h10-11,14H,4-9,12H2,1-3H3/t14-/m1/s1. The van der Waals surface area contributed by atoms with E-state index in [9.17, 15) is 4.79 Å². The van der Waals surface area contributed by atoms with Crippen LogP contribution in [-0.2, 0) is 23.1 Å². The monoisotopic (exact) mass is 294 g/mol. The molecule has 2 heterocycles. The van der Waals surface area contributed by atoms with Crippen LogP contribution in [0.15, 0.2) is 12.4 Å². The number of carbonyl (C=O) groups excluding carboxylic acids is 1. The molecule has 0 aromatic carbocycles. The molecule has 2 rings (SSSR count). The Morgan fingerprint density at radius 3 is 2.67 bits per heavy atom. The van der Waals surface area contributed by atoms with E-state index in [2.05, 4.69) is 16.9 Å². The average Bonchev–Trinajstić information content (AvgIpc) is 2.92. The summed E-state index contributed by atoms with van der Waals surface area (Å²) < 4.78 is 7.15. The van der Waals surface area contributed by atoms with E-state index in [1.54, 1.807) is 4.68 Å². The molecule has 1 fully saturated rings. The average molecular weight is 294 g/mol. The van der Waals surface area contributed by atoms with E-state index in [0.717, 1.165) is 38.3 Å². The topological polar surface area (TPSA) is 50.6 Å². The second-order valence-corrected chi connectivity index (χ2v) is 5.45. The fraction of sp³-hybridized carbons (Fsp3) is 0.733. The van der Waals surface area contributed by atoms with Gasteiger partial charge < -0.3 is 9.64 Å². The Labute approximate surface area is 126 Å². The number of hydrogen-bond acceptors (Lipinski definition) is 4. The van der Waals surface area contributed by atoms with Crippen molar-refractivity contribution in [3.63, 3.8) is 0 Å². The van der Waals surface area contributed by atoms with E-state index >= 15 is 0 Å². The van der Waals surface area contributed by atoms with Crippen molar-refractivity contribution in [3.05, 3.63) is 18.0 Å². The SMILES string of the molecule is CC[C@H](C(=O)N(CC)Cc1cnn(C)c1)N1CCOCC1. The second-order valence-electron chi connectivity index (χ2n) is 5.45. The zero-order valence-corrected chi connectivity index (χ0v) is 13.3. The van der Waals surface area contributed by atoms with Crippen LogP contribution in [0, 0.1) is 0 Å². The lowest BCUT2D eigenvalue weighted by Crippen LogP contribution is -2.51. The van der Waals surface area contributed by atoms with Crippen LogP contribution in [-0.4, -0.2) is 64.4 Å². The first kappa shape index (κ1) is 16.0. The van der Waals surface area contributed by atoms with Crippen molar-refractivity contribution in [3.8, 4) is 0 Å². The van der Waals surface area contributed by atoms with Crippen molar-refractivity contribution in [1.29, 1.82) is 0 Å². The van der Waals surface area contributed by atoms with Gasteiger partial charge in [0, 0.05) is 45.0 Å². The van der Waals surface area contributed by atoms with Crippen molar-refractivity contribution >= 4 is 5.91 Å². The molecule has 1 saturated heterocycles. The summed E-state index contributed by atoms with van der Waals surface area (Å²) in [6, 6.07) is -0.0366. The molecule has 1 aromatic heterocycles. The molecule has 0 aliphatic carbocycles. The molecule has 1 amide bonds.